The van der Waals surface area contributed by atoms with E-state index in [1.54, 1.807) is 0 Å². The van der Waals surface area contributed by atoms with Gasteiger partial charge in [0, 0.05) is 36.5 Å². The first-order chi connectivity index (χ1) is 15.0. The van der Waals surface area contributed by atoms with Crippen LogP contribution in [0.4, 0.5) is 0 Å². The van der Waals surface area contributed by atoms with Crippen LogP contribution < -0.4 is 0 Å². The maximum atomic E-state index is 10.6. The summed E-state index contributed by atoms with van der Waals surface area (Å²) in [7, 11) is 0. The van der Waals surface area contributed by atoms with Gasteiger partial charge < -0.3 is 9.67 Å². The molecule has 0 radical (unpaired) electrons. The molecule has 4 rings (SSSR count). The van der Waals surface area contributed by atoms with Crippen LogP contribution in [0.5, 0.6) is 0 Å². The van der Waals surface area contributed by atoms with Gasteiger partial charge in [-0.05, 0) is 47.4 Å². The van der Waals surface area contributed by atoms with Crippen molar-refractivity contribution in [1.29, 1.82) is 0 Å². The molecule has 0 fully saturated rings. The number of nitrogens with zero attached hydrogens (tertiary/aromatic N) is 5. The number of hydrogen-bond donors (Lipinski definition) is 1. The summed E-state index contributed by atoms with van der Waals surface area (Å²) in [5.41, 5.74) is 3.29. The number of carboxylic acid groups (broad SMARTS) is 1. The first kappa shape index (κ1) is 21.3. The first-order valence-electron chi connectivity index (χ1n) is 9.99. The first-order valence-corrected chi connectivity index (χ1v) is 10.7. The summed E-state index contributed by atoms with van der Waals surface area (Å²) < 4.78 is 2.18. The van der Waals surface area contributed by atoms with E-state index in [9.17, 15) is 4.79 Å². The molecule has 0 aliphatic rings. The zero-order valence-electron chi connectivity index (χ0n) is 16.7. The molecule has 0 saturated heterocycles. The molecule has 1 N–H and O–H groups in total. The van der Waals surface area contributed by atoms with Gasteiger partial charge in [-0.15, -0.1) is 10.2 Å². The largest absolute Gasteiger partial charge is 0.481 e. The number of benzene rings is 2. The molecule has 0 unspecified atom stereocenters. The Morgan fingerprint density at radius 2 is 1.90 bits per heavy atom. The van der Waals surface area contributed by atoms with Crippen LogP contribution in [0.15, 0.2) is 48.7 Å². The third-order valence-corrected chi connectivity index (χ3v) is 5.79. The Balaban J connectivity index is 1.51. The second kappa shape index (κ2) is 9.49. The molecule has 7 nitrogen and oxygen atoms in total. The Bertz CT molecular complexity index is 1220. The molecule has 2 aromatic heterocycles. The Kier molecular flexibility index (Phi) is 6.53. The minimum absolute atomic E-state index is 0.153. The van der Waals surface area contributed by atoms with E-state index in [-0.39, 0.29) is 6.42 Å². The van der Waals surface area contributed by atoms with Crippen LogP contribution in [0, 0.1) is 0 Å². The van der Waals surface area contributed by atoms with Crippen LogP contribution in [0.1, 0.15) is 36.2 Å². The summed E-state index contributed by atoms with van der Waals surface area (Å²) in [5.74, 6) is -0.153. The summed E-state index contributed by atoms with van der Waals surface area (Å²) in [4.78, 5) is 12.1. The highest BCUT2D eigenvalue weighted by atomic mass is 35.5. The summed E-state index contributed by atoms with van der Waals surface area (Å²) in [6.45, 7) is 1.22. The van der Waals surface area contributed by atoms with Crippen molar-refractivity contribution in [2.24, 2.45) is 0 Å². The van der Waals surface area contributed by atoms with Crippen LogP contribution in [0.2, 0.25) is 10.0 Å². The summed E-state index contributed by atoms with van der Waals surface area (Å²) in [6, 6.07) is 13.9. The van der Waals surface area contributed by atoms with Gasteiger partial charge in [0.15, 0.2) is 5.82 Å². The van der Waals surface area contributed by atoms with Gasteiger partial charge in [-0.3, -0.25) is 4.79 Å². The lowest BCUT2D eigenvalue weighted by molar-refractivity contribution is -0.137. The van der Waals surface area contributed by atoms with E-state index in [1.807, 2.05) is 30.3 Å². The van der Waals surface area contributed by atoms with Gasteiger partial charge in [0.2, 0.25) is 0 Å². The molecule has 0 atom stereocenters. The van der Waals surface area contributed by atoms with Gasteiger partial charge in [0.1, 0.15) is 0 Å². The normalized spacial score (nSPS) is 11.3. The van der Waals surface area contributed by atoms with E-state index in [0.717, 1.165) is 22.0 Å². The molecular formula is C22H21Cl2N5O2. The van der Waals surface area contributed by atoms with E-state index in [0.29, 0.717) is 48.2 Å². The molecule has 9 heteroatoms. The van der Waals surface area contributed by atoms with E-state index < -0.39 is 5.97 Å². The van der Waals surface area contributed by atoms with Crippen molar-refractivity contribution >= 4 is 40.1 Å². The monoisotopic (exact) mass is 457 g/mol. The SMILES string of the molecule is O=C(O)CCCCn1nnc(Cc2cn(Cc3ccc(Cl)c(Cl)c3)c3ccccc23)n1. The number of tetrazole rings is 1. The van der Waals surface area contributed by atoms with Gasteiger partial charge >= 0.3 is 5.97 Å². The lowest BCUT2D eigenvalue weighted by Crippen LogP contribution is -2.04. The quantitative estimate of drug-likeness (QED) is 0.363. The van der Waals surface area contributed by atoms with Crippen molar-refractivity contribution in [1.82, 2.24) is 24.8 Å². The predicted molar refractivity (Wildman–Crippen MR) is 120 cm³/mol. The number of hydrogen-bond acceptors (Lipinski definition) is 4. The van der Waals surface area contributed by atoms with Crippen LogP contribution >= 0.6 is 23.2 Å². The van der Waals surface area contributed by atoms with Gasteiger partial charge in [-0.25, -0.2) is 0 Å². The minimum Gasteiger partial charge on any atom is -0.481 e. The molecule has 2 aromatic carbocycles. The Morgan fingerprint density at radius 3 is 2.71 bits per heavy atom. The van der Waals surface area contributed by atoms with E-state index in [2.05, 4.69) is 38.3 Å². The predicted octanol–water partition coefficient (Wildman–Crippen LogP) is 4.83. The fraction of sp³-hybridized carbons (Fsp3) is 0.273. The average molecular weight is 458 g/mol. The maximum Gasteiger partial charge on any atom is 0.303 e. The van der Waals surface area contributed by atoms with Crippen LogP contribution in [-0.4, -0.2) is 35.9 Å². The van der Waals surface area contributed by atoms with E-state index >= 15 is 0 Å². The highest BCUT2D eigenvalue weighted by Crippen LogP contribution is 2.26. The lowest BCUT2D eigenvalue weighted by atomic mass is 10.1. The second-order valence-corrected chi connectivity index (χ2v) is 8.19. The Labute approximate surface area is 189 Å². The molecular weight excluding hydrogens is 437 g/mol. The van der Waals surface area contributed by atoms with Crippen LogP contribution in [0.3, 0.4) is 0 Å². The highest BCUT2D eigenvalue weighted by molar-refractivity contribution is 6.42. The fourth-order valence-corrected chi connectivity index (χ4v) is 3.89. The molecule has 0 aliphatic heterocycles. The minimum atomic E-state index is -0.787. The number of para-hydroxylation sites is 1. The summed E-state index contributed by atoms with van der Waals surface area (Å²) in [5, 5.41) is 23.7. The summed E-state index contributed by atoms with van der Waals surface area (Å²) >= 11 is 12.2. The third kappa shape index (κ3) is 5.24. The van der Waals surface area contributed by atoms with Crippen molar-refractivity contribution in [2.75, 3.05) is 0 Å². The van der Waals surface area contributed by atoms with E-state index in [1.165, 1.54) is 4.80 Å². The number of aliphatic carboxylic acids is 1. The zero-order valence-corrected chi connectivity index (χ0v) is 18.2. The van der Waals surface area contributed by atoms with Crippen molar-refractivity contribution in [2.45, 2.75) is 38.8 Å². The number of halogens is 2. The molecule has 160 valence electrons. The van der Waals surface area contributed by atoms with Crippen LogP contribution in [0.25, 0.3) is 10.9 Å². The zero-order chi connectivity index (χ0) is 21.8. The van der Waals surface area contributed by atoms with E-state index in [4.69, 9.17) is 28.3 Å². The van der Waals surface area contributed by atoms with Gasteiger partial charge in [-0.2, -0.15) is 4.80 Å². The second-order valence-electron chi connectivity index (χ2n) is 7.38. The van der Waals surface area contributed by atoms with Gasteiger partial charge in [0.25, 0.3) is 0 Å². The number of carbonyl (C=O) groups is 1. The van der Waals surface area contributed by atoms with Crippen LogP contribution in [-0.2, 0) is 24.3 Å². The number of aryl methyl sites for hydroxylation is 1. The van der Waals surface area contributed by atoms with Crippen molar-refractivity contribution < 1.29 is 9.90 Å². The van der Waals surface area contributed by atoms with Crippen molar-refractivity contribution in [3.05, 3.63) is 75.7 Å². The summed E-state index contributed by atoms with van der Waals surface area (Å²) in [6.07, 6.45) is 4.12. The topological polar surface area (TPSA) is 85.8 Å². The standard InChI is InChI=1S/C22H21Cl2N5O2/c23-18-9-8-15(11-19(18)24)13-28-14-16(17-5-1-2-6-20(17)28)12-21-25-27-29(26-21)10-4-3-7-22(30)31/h1-2,5-6,8-9,11,14H,3-4,7,10,12-13H2,(H,30,31). The average Bonchev–Trinajstić information content (AvgIpc) is 3.33. The van der Waals surface area contributed by atoms with Crippen molar-refractivity contribution in [3.8, 4) is 0 Å². The number of carboxylic acids is 1. The Hall–Kier alpha value is -2.90. The molecule has 31 heavy (non-hydrogen) atoms. The molecule has 0 saturated carbocycles. The van der Waals surface area contributed by atoms with Gasteiger partial charge in [-0.1, -0.05) is 47.5 Å². The third-order valence-electron chi connectivity index (χ3n) is 5.05. The molecule has 0 spiro atoms. The maximum absolute atomic E-state index is 10.6. The molecule has 0 amide bonds. The number of unbranched alkanes of at least 4 members (excludes halogenated alkanes) is 1. The molecule has 0 bridgehead atoms. The number of rotatable bonds is 9. The Morgan fingerprint density at radius 1 is 1.06 bits per heavy atom. The van der Waals surface area contributed by atoms with Gasteiger partial charge in [0.05, 0.1) is 16.6 Å². The number of aromatic nitrogens is 5. The van der Waals surface area contributed by atoms with Crippen molar-refractivity contribution in [3.63, 3.8) is 0 Å². The lowest BCUT2D eigenvalue weighted by Gasteiger charge is -2.06. The molecule has 4 aromatic rings. The molecule has 2 heterocycles. The fourth-order valence-electron chi connectivity index (χ4n) is 3.57. The smallest absolute Gasteiger partial charge is 0.303 e. The molecule has 0 aliphatic carbocycles. The highest BCUT2D eigenvalue weighted by Gasteiger charge is 2.13. The number of fused-ring (bicyclic) bond motifs is 1.